The lowest BCUT2D eigenvalue weighted by atomic mass is 9.98. The molecular weight excluding hydrogens is 426 g/mol. The van der Waals surface area contributed by atoms with Gasteiger partial charge in [-0.15, -0.1) is 11.6 Å². The number of fused-ring (bicyclic) bond motifs is 1. The first-order valence-corrected chi connectivity index (χ1v) is 10.4. The van der Waals surface area contributed by atoms with E-state index in [4.69, 9.17) is 33.7 Å². The van der Waals surface area contributed by atoms with E-state index < -0.39 is 0 Å². The number of rotatable bonds is 7. The van der Waals surface area contributed by atoms with Gasteiger partial charge in [0.2, 0.25) is 0 Å². The largest absolute Gasteiger partial charge is 0.488 e. The number of nitrogens with two attached hydrogens (primary N) is 1. The summed E-state index contributed by atoms with van der Waals surface area (Å²) in [5.74, 6) is 0.196. The van der Waals surface area contributed by atoms with Crippen LogP contribution in [0.5, 0.6) is 5.75 Å². The van der Waals surface area contributed by atoms with Crippen LogP contribution in [0.3, 0.4) is 0 Å². The molecule has 4 nitrogen and oxygen atoms in total. The van der Waals surface area contributed by atoms with E-state index in [0.29, 0.717) is 40.6 Å². The molecule has 1 unspecified atom stereocenters. The molecule has 0 saturated heterocycles. The van der Waals surface area contributed by atoms with Crippen LogP contribution in [0.2, 0.25) is 0 Å². The average molecular weight is 449 g/mol. The van der Waals surface area contributed by atoms with Crippen molar-refractivity contribution in [2.45, 2.75) is 25.3 Å². The number of ether oxygens (including phenoxy) is 1. The number of amides is 1. The number of hydrogen-bond donors (Lipinski definition) is 1. The maximum Gasteiger partial charge on any atom is 0.254 e. The number of hydrogen-bond acceptors (Lipinski definition) is 3. The molecule has 2 N–H and O–H groups in total. The molecule has 0 spiro atoms. The highest BCUT2D eigenvalue weighted by Gasteiger charge is 2.25. The Balaban J connectivity index is 1.65. The molecule has 2 aromatic carbocycles. The van der Waals surface area contributed by atoms with Gasteiger partial charge < -0.3 is 15.4 Å². The zero-order valence-corrected chi connectivity index (χ0v) is 18.1. The summed E-state index contributed by atoms with van der Waals surface area (Å²) in [6.45, 7) is 2.72. The molecule has 1 amide bonds. The number of nitrogens with zero attached hydrogens (tertiary/aromatic N) is 1. The lowest BCUT2D eigenvalue weighted by Crippen LogP contribution is -2.37. The summed E-state index contributed by atoms with van der Waals surface area (Å²) >= 11 is 12.0. The minimum atomic E-state index is -0.305. The zero-order chi connectivity index (χ0) is 21.7. The van der Waals surface area contributed by atoms with Crippen LogP contribution in [-0.4, -0.2) is 29.3 Å². The Morgan fingerprint density at radius 1 is 1.33 bits per heavy atom. The third-order valence-corrected chi connectivity index (χ3v) is 5.03. The highest BCUT2D eigenvalue weighted by molar-refractivity contribution is 6.30. The van der Waals surface area contributed by atoms with E-state index in [1.165, 1.54) is 6.07 Å². The molecule has 3 rings (SSSR count). The van der Waals surface area contributed by atoms with Gasteiger partial charge in [0.1, 0.15) is 18.2 Å². The topological polar surface area (TPSA) is 55.6 Å². The maximum atomic E-state index is 13.9. The van der Waals surface area contributed by atoms with Gasteiger partial charge in [-0.3, -0.25) is 4.79 Å². The van der Waals surface area contributed by atoms with Crippen LogP contribution >= 0.6 is 23.2 Å². The standard InChI is InChI=1S/C23H23Cl2FN2O2/c1-15(24)10-19(27)12-18(25)14-30-20-6-7-21-16(11-20)8-9-28(23(21)29)13-17-4-2-3-5-22(17)26/h2-7,10-12,15H,8-9,13-14,27H2,1H3/b18-12+,19-10+. The van der Waals surface area contributed by atoms with Gasteiger partial charge in [0, 0.05) is 29.9 Å². The van der Waals surface area contributed by atoms with Crippen LogP contribution in [0.4, 0.5) is 4.39 Å². The number of carbonyl (C=O) groups is 1. The minimum absolute atomic E-state index is 0.114. The van der Waals surface area contributed by atoms with Crippen molar-refractivity contribution < 1.29 is 13.9 Å². The lowest BCUT2D eigenvalue weighted by Gasteiger charge is -2.29. The molecule has 1 aliphatic heterocycles. The zero-order valence-electron chi connectivity index (χ0n) is 16.6. The van der Waals surface area contributed by atoms with Gasteiger partial charge in [0.15, 0.2) is 0 Å². The summed E-state index contributed by atoms with van der Waals surface area (Å²) in [5, 5.41) is 0.244. The van der Waals surface area contributed by atoms with Gasteiger partial charge in [-0.2, -0.15) is 0 Å². The SMILES string of the molecule is CC(Cl)/C=C(N)\C=C(\Cl)COc1ccc2c(c1)CCN(Cc1ccccc1F)C2=O. The molecule has 0 radical (unpaired) electrons. The third kappa shape index (κ3) is 5.77. The van der Waals surface area contributed by atoms with Gasteiger partial charge in [-0.25, -0.2) is 4.39 Å². The summed E-state index contributed by atoms with van der Waals surface area (Å²) < 4.78 is 19.6. The van der Waals surface area contributed by atoms with Crippen LogP contribution in [0, 0.1) is 5.82 Å². The van der Waals surface area contributed by atoms with E-state index in [9.17, 15) is 9.18 Å². The van der Waals surface area contributed by atoms with Crippen molar-refractivity contribution in [3.63, 3.8) is 0 Å². The highest BCUT2D eigenvalue weighted by atomic mass is 35.5. The molecule has 7 heteroatoms. The number of alkyl halides is 1. The van der Waals surface area contributed by atoms with Gasteiger partial charge in [-0.05, 0) is 55.3 Å². The first-order chi connectivity index (χ1) is 14.3. The predicted molar refractivity (Wildman–Crippen MR) is 118 cm³/mol. The van der Waals surface area contributed by atoms with E-state index in [-0.39, 0.29) is 30.3 Å². The lowest BCUT2D eigenvalue weighted by molar-refractivity contribution is 0.0725. The summed E-state index contributed by atoms with van der Waals surface area (Å²) in [6, 6.07) is 11.8. The average Bonchev–Trinajstić information content (AvgIpc) is 2.69. The first-order valence-electron chi connectivity index (χ1n) is 9.59. The fraction of sp³-hybridized carbons (Fsp3) is 0.261. The van der Waals surface area contributed by atoms with E-state index in [0.717, 1.165) is 5.56 Å². The second kappa shape index (κ2) is 10.0. The van der Waals surface area contributed by atoms with Gasteiger partial charge in [-0.1, -0.05) is 29.8 Å². The predicted octanol–water partition coefficient (Wildman–Crippen LogP) is 5.00. The van der Waals surface area contributed by atoms with Crippen molar-refractivity contribution in [3.8, 4) is 5.75 Å². The van der Waals surface area contributed by atoms with Crippen molar-refractivity contribution in [1.82, 2.24) is 4.90 Å². The van der Waals surface area contributed by atoms with Crippen molar-refractivity contribution in [1.29, 1.82) is 0 Å². The Labute approximate surface area is 185 Å². The smallest absolute Gasteiger partial charge is 0.254 e. The quantitative estimate of drug-likeness (QED) is 0.479. The second-order valence-electron chi connectivity index (χ2n) is 7.11. The number of benzene rings is 2. The molecule has 1 atom stereocenters. The molecular formula is C23H23Cl2FN2O2. The monoisotopic (exact) mass is 448 g/mol. The van der Waals surface area contributed by atoms with Crippen LogP contribution in [0.25, 0.3) is 0 Å². The molecule has 0 fully saturated rings. The third-order valence-electron chi connectivity index (χ3n) is 4.69. The Bertz CT molecular complexity index is 989. The maximum absolute atomic E-state index is 13.9. The Morgan fingerprint density at radius 2 is 2.10 bits per heavy atom. The van der Waals surface area contributed by atoms with Crippen molar-refractivity contribution in [2.24, 2.45) is 5.73 Å². The van der Waals surface area contributed by atoms with Crippen LogP contribution in [0.1, 0.15) is 28.4 Å². The van der Waals surface area contributed by atoms with E-state index >= 15 is 0 Å². The molecule has 0 bridgehead atoms. The highest BCUT2D eigenvalue weighted by Crippen LogP contribution is 2.26. The first kappa shape index (κ1) is 22.2. The molecule has 0 aliphatic carbocycles. The van der Waals surface area contributed by atoms with E-state index in [1.807, 2.05) is 6.07 Å². The van der Waals surface area contributed by atoms with Crippen LogP contribution in [0.15, 0.2) is 65.3 Å². The van der Waals surface area contributed by atoms with Gasteiger partial charge in [0.25, 0.3) is 5.91 Å². The summed E-state index contributed by atoms with van der Waals surface area (Å²) in [6.07, 6.45) is 3.95. The van der Waals surface area contributed by atoms with Crippen molar-refractivity contribution >= 4 is 29.1 Å². The fourth-order valence-electron chi connectivity index (χ4n) is 3.27. The molecule has 1 heterocycles. The number of allylic oxidation sites excluding steroid dienone is 2. The summed E-state index contributed by atoms with van der Waals surface area (Å²) in [4.78, 5) is 14.5. The summed E-state index contributed by atoms with van der Waals surface area (Å²) in [5.41, 5.74) is 8.31. The Morgan fingerprint density at radius 3 is 2.83 bits per heavy atom. The molecule has 0 aromatic heterocycles. The van der Waals surface area contributed by atoms with Crippen molar-refractivity contribution in [2.75, 3.05) is 13.2 Å². The summed E-state index contributed by atoms with van der Waals surface area (Å²) in [7, 11) is 0. The Kier molecular flexibility index (Phi) is 7.40. The Hall–Kier alpha value is -2.50. The second-order valence-corrected chi connectivity index (χ2v) is 8.29. The molecule has 0 saturated carbocycles. The molecule has 2 aromatic rings. The fourth-order valence-corrected chi connectivity index (χ4v) is 3.60. The van der Waals surface area contributed by atoms with Crippen LogP contribution < -0.4 is 10.5 Å². The van der Waals surface area contributed by atoms with Crippen LogP contribution in [-0.2, 0) is 13.0 Å². The number of carbonyl (C=O) groups excluding carboxylic acids is 1. The van der Waals surface area contributed by atoms with Gasteiger partial charge in [0.05, 0.1) is 10.4 Å². The molecule has 30 heavy (non-hydrogen) atoms. The number of halogens is 3. The minimum Gasteiger partial charge on any atom is -0.488 e. The van der Waals surface area contributed by atoms with E-state index in [1.54, 1.807) is 54.3 Å². The van der Waals surface area contributed by atoms with Crippen molar-refractivity contribution in [3.05, 3.63) is 87.9 Å². The normalized spacial score (nSPS) is 15.7. The molecule has 1 aliphatic rings. The van der Waals surface area contributed by atoms with E-state index in [2.05, 4.69) is 0 Å². The molecule has 158 valence electrons. The van der Waals surface area contributed by atoms with Gasteiger partial charge >= 0.3 is 0 Å².